The highest BCUT2D eigenvalue weighted by Gasteiger charge is 2.27. The van der Waals surface area contributed by atoms with E-state index in [0.29, 0.717) is 23.5 Å². The number of anilines is 2. The Kier molecular flexibility index (Phi) is 4.70. The molecule has 7 nitrogen and oxygen atoms in total. The second kappa shape index (κ2) is 6.64. The van der Waals surface area contributed by atoms with E-state index in [1.165, 1.54) is 6.20 Å². The van der Waals surface area contributed by atoms with E-state index in [2.05, 4.69) is 15.0 Å². The van der Waals surface area contributed by atoms with Crippen molar-refractivity contribution in [3.8, 4) is 0 Å². The molecule has 1 fully saturated rings. The fourth-order valence-electron chi connectivity index (χ4n) is 2.73. The van der Waals surface area contributed by atoms with Crippen molar-refractivity contribution in [2.24, 2.45) is 0 Å². The molecule has 1 aromatic carbocycles. The summed E-state index contributed by atoms with van der Waals surface area (Å²) in [7, 11) is -6.65. The number of sulfonamides is 1. The monoisotopic (exact) mass is 381 g/mol. The van der Waals surface area contributed by atoms with E-state index in [9.17, 15) is 16.8 Å². The lowest BCUT2D eigenvalue weighted by Gasteiger charge is -2.13. The lowest BCUT2D eigenvalue weighted by molar-refractivity contribution is 0.599. The van der Waals surface area contributed by atoms with Crippen molar-refractivity contribution in [2.45, 2.75) is 24.3 Å². The molecule has 0 amide bonds. The van der Waals surface area contributed by atoms with Gasteiger partial charge in [0.15, 0.2) is 9.84 Å². The molecular formula is C16H19N3O4S2. The summed E-state index contributed by atoms with van der Waals surface area (Å²) in [6.45, 7) is 1.73. The zero-order valence-electron chi connectivity index (χ0n) is 13.6. The van der Waals surface area contributed by atoms with Gasteiger partial charge in [0.05, 0.1) is 28.3 Å². The molecule has 134 valence electrons. The molecule has 1 unspecified atom stereocenters. The highest BCUT2D eigenvalue weighted by atomic mass is 32.2. The van der Waals surface area contributed by atoms with E-state index in [0.717, 1.165) is 0 Å². The zero-order valence-corrected chi connectivity index (χ0v) is 15.3. The van der Waals surface area contributed by atoms with Gasteiger partial charge in [0.2, 0.25) is 0 Å². The van der Waals surface area contributed by atoms with E-state index < -0.39 is 19.9 Å². The van der Waals surface area contributed by atoms with Gasteiger partial charge in [-0.1, -0.05) is 18.2 Å². The minimum absolute atomic E-state index is 0.0936. The van der Waals surface area contributed by atoms with Gasteiger partial charge in [-0.3, -0.25) is 4.72 Å². The molecule has 1 aromatic heterocycles. The first-order valence-electron chi connectivity index (χ1n) is 7.77. The third-order valence-electron chi connectivity index (χ3n) is 3.98. The molecule has 1 atom stereocenters. The highest BCUT2D eigenvalue weighted by Crippen LogP contribution is 2.20. The van der Waals surface area contributed by atoms with Crippen molar-refractivity contribution in [3.63, 3.8) is 0 Å². The second-order valence-electron chi connectivity index (χ2n) is 6.05. The fourth-order valence-corrected chi connectivity index (χ4v) is 5.69. The molecular weight excluding hydrogens is 362 g/mol. The molecule has 1 saturated heterocycles. The average molecular weight is 381 g/mol. The maximum absolute atomic E-state index is 12.4. The summed E-state index contributed by atoms with van der Waals surface area (Å²) in [5.74, 6) is 0.788. The minimum Gasteiger partial charge on any atom is -0.366 e. The molecule has 1 aliphatic heterocycles. The molecule has 25 heavy (non-hydrogen) atoms. The molecule has 3 rings (SSSR count). The number of nitrogens with one attached hydrogen (secondary N) is 2. The third-order valence-corrected chi connectivity index (χ3v) is 7.29. The first-order valence-corrected chi connectivity index (χ1v) is 11.1. The SMILES string of the molecule is Cc1ccccc1S(=O)(=O)Nc1ccc(NC2CCS(=O)(=O)C2)nc1. The number of nitrogens with zero attached hydrogens (tertiary/aromatic N) is 1. The van der Waals surface area contributed by atoms with E-state index in [1.807, 2.05) is 0 Å². The van der Waals surface area contributed by atoms with Crippen molar-refractivity contribution in [1.82, 2.24) is 4.98 Å². The van der Waals surface area contributed by atoms with Gasteiger partial charge in [0, 0.05) is 6.04 Å². The molecule has 1 aliphatic rings. The van der Waals surface area contributed by atoms with Crippen LogP contribution in [0.1, 0.15) is 12.0 Å². The van der Waals surface area contributed by atoms with Gasteiger partial charge in [0.25, 0.3) is 10.0 Å². The Morgan fingerprint density at radius 1 is 1.16 bits per heavy atom. The Morgan fingerprint density at radius 2 is 1.92 bits per heavy atom. The van der Waals surface area contributed by atoms with Crippen LogP contribution in [0.15, 0.2) is 47.5 Å². The quantitative estimate of drug-likeness (QED) is 0.818. The molecule has 0 saturated carbocycles. The van der Waals surface area contributed by atoms with Gasteiger partial charge in [-0.25, -0.2) is 21.8 Å². The smallest absolute Gasteiger partial charge is 0.262 e. The third kappa shape index (κ3) is 4.29. The lowest BCUT2D eigenvalue weighted by atomic mass is 10.2. The standard InChI is InChI=1S/C16H19N3O4S2/c1-12-4-2-3-5-15(12)25(22,23)19-13-6-7-16(17-10-13)18-14-8-9-24(20,21)11-14/h2-7,10,14,19H,8-9,11H2,1H3,(H,17,18). The number of sulfone groups is 1. The van der Waals surface area contributed by atoms with Crippen LogP contribution < -0.4 is 10.0 Å². The average Bonchev–Trinajstić information content (AvgIpc) is 2.88. The summed E-state index contributed by atoms with van der Waals surface area (Å²) in [4.78, 5) is 4.37. The van der Waals surface area contributed by atoms with Crippen LogP contribution in [-0.4, -0.2) is 39.4 Å². The summed E-state index contributed by atoms with van der Waals surface area (Å²) in [6, 6.07) is 9.78. The number of rotatable bonds is 5. The van der Waals surface area contributed by atoms with E-state index in [4.69, 9.17) is 0 Å². The molecule has 2 heterocycles. The van der Waals surface area contributed by atoms with Crippen LogP contribution in [0.25, 0.3) is 0 Å². The summed E-state index contributed by atoms with van der Waals surface area (Å²) in [5, 5.41) is 3.06. The van der Waals surface area contributed by atoms with Gasteiger partial charge in [-0.2, -0.15) is 0 Å². The molecule has 0 spiro atoms. The van der Waals surface area contributed by atoms with Crippen molar-refractivity contribution in [1.29, 1.82) is 0 Å². The number of pyridine rings is 1. The van der Waals surface area contributed by atoms with Crippen LogP contribution in [0.4, 0.5) is 11.5 Å². The van der Waals surface area contributed by atoms with Crippen molar-refractivity contribution >= 4 is 31.4 Å². The van der Waals surface area contributed by atoms with Crippen LogP contribution in [0.3, 0.4) is 0 Å². The van der Waals surface area contributed by atoms with Crippen LogP contribution in [0.2, 0.25) is 0 Å². The maximum atomic E-state index is 12.4. The summed E-state index contributed by atoms with van der Waals surface area (Å²) in [6.07, 6.45) is 1.95. The molecule has 0 bridgehead atoms. The molecule has 2 N–H and O–H groups in total. The van der Waals surface area contributed by atoms with Crippen LogP contribution in [0, 0.1) is 6.92 Å². The molecule has 9 heteroatoms. The van der Waals surface area contributed by atoms with Gasteiger partial charge in [0.1, 0.15) is 5.82 Å². The normalized spacial score (nSPS) is 19.5. The Labute approximate surface area is 147 Å². The van der Waals surface area contributed by atoms with Gasteiger partial charge < -0.3 is 5.32 Å². The van der Waals surface area contributed by atoms with E-state index in [-0.39, 0.29) is 22.4 Å². The molecule has 2 aromatic rings. The second-order valence-corrected chi connectivity index (χ2v) is 9.93. The predicted molar refractivity (Wildman–Crippen MR) is 96.9 cm³/mol. The number of hydrogen-bond acceptors (Lipinski definition) is 6. The van der Waals surface area contributed by atoms with E-state index in [1.54, 1.807) is 43.3 Å². The van der Waals surface area contributed by atoms with Crippen molar-refractivity contribution in [2.75, 3.05) is 21.5 Å². The first-order chi connectivity index (χ1) is 11.8. The number of aromatic nitrogens is 1. The Balaban J connectivity index is 1.70. The van der Waals surface area contributed by atoms with Crippen LogP contribution in [0.5, 0.6) is 0 Å². The van der Waals surface area contributed by atoms with Crippen molar-refractivity contribution in [3.05, 3.63) is 48.2 Å². The van der Waals surface area contributed by atoms with Crippen molar-refractivity contribution < 1.29 is 16.8 Å². The van der Waals surface area contributed by atoms with Crippen LogP contribution >= 0.6 is 0 Å². The number of aryl methyl sites for hydroxylation is 1. The predicted octanol–water partition coefficient (Wildman–Crippen LogP) is 1.79. The minimum atomic E-state index is -3.68. The van der Waals surface area contributed by atoms with E-state index >= 15 is 0 Å². The molecule has 0 aliphatic carbocycles. The number of hydrogen-bond donors (Lipinski definition) is 2. The summed E-state index contributed by atoms with van der Waals surface area (Å²) in [5.41, 5.74) is 0.997. The van der Waals surface area contributed by atoms with Gasteiger partial charge in [-0.15, -0.1) is 0 Å². The zero-order chi connectivity index (χ0) is 18.1. The fraction of sp³-hybridized carbons (Fsp3) is 0.312. The Morgan fingerprint density at radius 3 is 2.52 bits per heavy atom. The number of benzene rings is 1. The van der Waals surface area contributed by atoms with Gasteiger partial charge >= 0.3 is 0 Å². The summed E-state index contributed by atoms with van der Waals surface area (Å²) >= 11 is 0. The Hall–Kier alpha value is -2.13. The van der Waals surface area contributed by atoms with Crippen LogP contribution in [-0.2, 0) is 19.9 Å². The lowest BCUT2D eigenvalue weighted by Crippen LogP contribution is -2.21. The first kappa shape index (κ1) is 17.7. The highest BCUT2D eigenvalue weighted by molar-refractivity contribution is 7.92. The maximum Gasteiger partial charge on any atom is 0.262 e. The largest absolute Gasteiger partial charge is 0.366 e. The molecule has 0 radical (unpaired) electrons. The summed E-state index contributed by atoms with van der Waals surface area (Å²) < 4.78 is 50.3. The topological polar surface area (TPSA) is 105 Å². The Bertz CT molecular complexity index is 971. The van der Waals surface area contributed by atoms with Gasteiger partial charge in [-0.05, 0) is 37.1 Å².